The normalized spacial score (nSPS) is 21.5. The number of carbonyl (C=O) groups is 2. The van der Waals surface area contributed by atoms with Crippen LogP contribution in [0, 0.1) is 0 Å². The fraction of sp³-hybridized carbons (Fsp3) is 0.545. The molecule has 6 heteroatoms. The third kappa shape index (κ3) is 5.58. The number of nitrogens with one attached hydrogen (secondary N) is 2. The van der Waals surface area contributed by atoms with Crippen LogP contribution in [0.3, 0.4) is 0 Å². The molecule has 3 rings (SSSR count). The van der Waals surface area contributed by atoms with Crippen molar-refractivity contribution in [1.82, 2.24) is 15.5 Å². The Kier molecular flexibility index (Phi) is 7.48. The summed E-state index contributed by atoms with van der Waals surface area (Å²) < 4.78 is 5.37. The van der Waals surface area contributed by atoms with Crippen LogP contribution < -0.4 is 15.4 Å². The number of nitrogens with zero attached hydrogens (tertiary/aromatic N) is 1. The highest BCUT2D eigenvalue weighted by Crippen LogP contribution is 2.20. The molecule has 0 spiro atoms. The number of amides is 2. The molecule has 1 aromatic carbocycles. The summed E-state index contributed by atoms with van der Waals surface area (Å²) >= 11 is 0. The molecule has 0 unspecified atom stereocenters. The van der Waals surface area contributed by atoms with Crippen LogP contribution in [-0.2, 0) is 9.59 Å². The molecule has 0 radical (unpaired) electrons. The fourth-order valence-corrected chi connectivity index (χ4v) is 4.03. The SMILES string of the molecule is COc1ccccc1/C=C/CN1CCNC(=O)[C@@H]1CC(=O)NC1CCCCC1. The molecule has 0 bridgehead atoms. The molecule has 6 nitrogen and oxygen atoms in total. The Morgan fingerprint density at radius 1 is 1.29 bits per heavy atom. The van der Waals surface area contributed by atoms with Gasteiger partial charge in [0.2, 0.25) is 11.8 Å². The first-order valence-electron chi connectivity index (χ1n) is 10.3. The molecule has 0 aromatic heterocycles. The Bertz CT molecular complexity index is 698. The molecule has 2 aliphatic rings. The van der Waals surface area contributed by atoms with Gasteiger partial charge in [0.1, 0.15) is 5.75 Å². The van der Waals surface area contributed by atoms with Crippen molar-refractivity contribution in [3.05, 3.63) is 35.9 Å². The predicted molar refractivity (Wildman–Crippen MR) is 110 cm³/mol. The Hall–Kier alpha value is -2.34. The highest BCUT2D eigenvalue weighted by atomic mass is 16.5. The van der Waals surface area contributed by atoms with Crippen molar-refractivity contribution in [1.29, 1.82) is 0 Å². The minimum Gasteiger partial charge on any atom is -0.496 e. The van der Waals surface area contributed by atoms with Crippen LogP contribution in [0.1, 0.15) is 44.1 Å². The number of hydrogen-bond acceptors (Lipinski definition) is 4. The molecule has 1 saturated carbocycles. The minimum absolute atomic E-state index is 0.0207. The van der Waals surface area contributed by atoms with E-state index in [4.69, 9.17) is 4.74 Å². The molecule has 152 valence electrons. The third-order valence-corrected chi connectivity index (χ3v) is 5.57. The molecular weight excluding hydrogens is 354 g/mol. The fourth-order valence-electron chi connectivity index (χ4n) is 4.03. The lowest BCUT2D eigenvalue weighted by molar-refractivity contribution is -0.133. The molecule has 2 amide bonds. The molecule has 2 fully saturated rings. The summed E-state index contributed by atoms with van der Waals surface area (Å²) in [6.07, 6.45) is 9.95. The first kappa shape index (κ1) is 20.4. The van der Waals surface area contributed by atoms with Crippen molar-refractivity contribution in [3.63, 3.8) is 0 Å². The lowest BCUT2D eigenvalue weighted by atomic mass is 9.95. The monoisotopic (exact) mass is 385 g/mol. The van der Waals surface area contributed by atoms with Crippen LogP contribution in [-0.4, -0.2) is 55.5 Å². The van der Waals surface area contributed by atoms with Gasteiger partial charge >= 0.3 is 0 Å². The largest absolute Gasteiger partial charge is 0.496 e. The molecule has 28 heavy (non-hydrogen) atoms. The van der Waals surface area contributed by atoms with Gasteiger partial charge in [-0.05, 0) is 18.9 Å². The van der Waals surface area contributed by atoms with E-state index in [1.165, 1.54) is 19.3 Å². The number of benzene rings is 1. The van der Waals surface area contributed by atoms with Crippen molar-refractivity contribution in [2.45, 2.75) is 50.6 Å². The van der Waals surface area contributed by atoms with E-state index >= 15 is 0 Å². The van der Waals surface area contributed by atoms with E-state index in [1.807, 2.05) is 36.4 Å². The van der Waals surface area contributed by atoms with Gasteiger partial charge in [0.15, 0.2) is 0 Å². The van der Waals surface area contributed by atoms with E-state index < -0.39 is 6.04 Å². The average molecular weight is 386 g/mol. The van der Waals surface area contributed by atoms with E-state index in [0.717, 1.165) is 30.7 Å². The molecule has 2 N–H and O–H groups in total. The van der Waals surface area contributed by atoms with Crippen molar-refractivity contribution in [2.75, 3.05) is 26.7 Å². The van der Waals surface area contributed by atoms with Gasteiger partial charge in [-0.15, -0.1) is 0 Å². The Morgan fingerprint density at radius 3 is 2.86 bits per heavy atom. The molecule has 1 heterocycles. The van der Waals surface area contributed by atoms with Crippen LogP contribution in [0.2, 0.25) is 0 Å². The molecule has 1 atom stereocenters. The van der Waals surface area contributed by atoms with Crippen LogP contribution in [0.15, 0.2) is 30.3 Å². The highest BCUT2D eigenvalue weighted by molar-refractivity contribution is 5.89. The summed E-state index contributed by atoms with van der Waals surface area (Å²) in [4.78, 5) is 27.0. The number of methoxy groups -OCH3 is 1. The second-order valence-corrected chi connectivity index (χ2v) is 7.55. The summed E-state index contributed by atoms with van der Waals surface area (Å²) in [6, 6.07) is 7.67. The zero-order valence-electron chi connectivity index (χ0n) is 16.7. The zero-order chi connectivity index (χ0) is 19.8. The maximum Gasteiger partial charge on any atom is 0.237 e. The smallest absolute Gasteiger partial charge is 0.237 e. The molecular formula is C22H31N3O3. The quantitative estimate of drug-likeness (QED) is 0.756. The Labute approximate surface area is 167 Å². The molecule has 1 aromatic rings. The highest BCUT2D eigenvalue weighted by Gasteiger charge is 2.31. The summed E-state index contributed by atoms with van der Waals surface area (Å²) in [6.45, 7) is 1.97. The van der Waals surface area contributed by atoms with Gasteiger partial charge in [-0.1, -0.05) is 49.6 Å². The summed E-state index contributed by atoms with van der Waals surface area (Å²) in [5.41, 5.74) is 0.998. The maximum atomic E-state index is 12.5. The van der Waals surface area contributed by atoms with Gasteiger partial charge in [0, 0.05) is 31.2 Å². The van der Waals surface area contributed by atoms with E-state index in [0.29, 0.717) is 13.1 Å². The molecule has 1 saturated heterocycles. The minimum atomic E-state index is -0.417. The molecule has 1 aliphatic carbocycles. The average Bonchev–Trinajstić information content (AvgIpc) is 2.71. The van der Waals surface area contributed by atoms with Crippen LogP contribution in [0.4, 0.5) is 0 Å². The first-order valence-corrected chi connectivity index (χ1v) is 10.3. The number of rotatable bonds is 7. The van der Waals surface area contributed by atoms with E-state index in [2.05, 4.69) is 15.5 Å². The number of carbonyl (C=O) groups excluding carboxylic acids is 2. The standard InChI is InChI=1S/C22H31N3O3/c1-28-20-12-6-5-8-17(20)9-7-14-25-15-13-23-22(27)19(25)16-21(26)24-18-10-3-2-4-11-18/h5-9,12,18-19H,2-4,10-11,13-16H2,1H3,(H,23,27)(H,24,26)/b9-7+/t19-/m0/s1. The summed E-state index contributed by atoms with van der Waals surface area (Å²) in [7, 11) is 1.66. The second-order valence-electron chi connectivity index (χ2n) is 7.55. The Balaban J connectivity index is 1.57. The van der Waals surface area contributed by atoms with Gasteiger partial charge < -0.3 is 15.4 Å². The third-order valence-electron chi connectivity index (χ3n) is 5.57. The van der Waals surface area contributed by atoms with Gasteiger partial charge in [-0.2, -0.15) is 0 Å². The van der Waals surface area contributed by atoms with Crippen molar-refractivity contribution in [3.8, 4) is 5.75 Å². The lowest BCUT2D eigenvalue weighted by Crippen LogP contribution is -2.56. The van der Waals surface area contributed by atoms with E-state index in [9.17, 15) is 9.59 Å². The van der Waals surface area contributed by atoms with Crippen molar-refractivity contribution in [2.24, 2.45) is 0 Å². The summed E-state index contributed by atoms with van der Waals surface area (Å²) in [5.74, 6) is 0.738. The van der Waals surface area contributed by atoms with Gasteiger partial charge in [-0.3, -0.25) is 14.5 Å². The number of hydrogen-bond donors (Lipinski definition) is 2. The predicted octanol–water partition coefficient (Wildman–Crippen LogP) is 2.35. The lowest BCUT2D eigenvalue weighted by Gasteiger charge is -2.34. The van der Waals surface area contributed by atoms with Crippen LogP contribution in [0.5, 0.6) is 5.75 Å². The number of piperazine rings is 1. The number of ether oxygens (including phenoxy) is 1. The summed E-state index contributed by atoms with van der Waals surface area (Å²) in [5, 5.41) is 6.02. The zero-order valence-corrected chi connectivity index (χ0v) is 16.7. The maximum absolute atomic E-state index is 12.5. The second kappa shape index (κ2) is 10.3. The number of para-hydroxylation sites is 1. The van der Waals surface area contributed by atoms with Gasteiger partial charge in [-0.25, -0.2) is 0 Å². The van der Waals surface area contributed by atoms with Gasteiger partial charge in [0.25, 0.3) is 0 Å². The van der Waals surface area contributed by atoms with Crippen LogP contribution >= 0.6 is 0 Å². The van der Waals surface area contributed by atoms with E-state index in [1.54, 1.807) is 7.11 Å². The van der Waals surface area contributed by atoms with Gasteiger partial charge in [0.05, 0.1) is 19.6 Å². The van der Waals surface area contributed by atoms with E-state index in [-0.39, 0.29) is 24.3 Å². The molecule has 1 aliphatic heterocycles. The van der Waals surface area contributed by atoms with Crippen LogP contribution in [0.25, 0.3) is 6.08 Å². The van der Waals surface area contributed by atoms with Crippen molar-refractivity contribution < 1.29 is 14.3 Å². The topological polar surface area (TPSA) is 70.7 Å². The van der Waals surface area contributed by atoms with Crippen molar-refractivity contribution >= 4 is 17.9 Å². The first-order chi connectivity index (χ1) is 13.7. The Morgan fingerprint density at radius 2 is 2.07 bits per heavy atom.